The van der Waals surface area contributed by atoms with Gasteiger partial charge in [-0.1, -0.05) is 58.9 Å². The summed E-state index contributed by atoms with van der Waals surface area (Å²) in [5.41, 5.74) is 2.15. The van der Waals surface area contributed by atoms with E-state index in [0.717, 1.165) is 5.56 Å². The minimum atomic E-state index is -0.818. The van der Waals surface area contributed by atoms with Gasteiger partial charge in [0, 0.05) is 13.3 Å². The summed E-state index contributed by atoms with van der Waals surface area (Å²) in [5.74, 6) is -0.970. The van der Waals surface area contributed by atoms with Gasteiger partial charge < -0.3 is 15.4 Å². The molecule has 0 saturated carbocycles. The minimum absolute atomic E-state index is 0.0386. The third-order valence-corrected chi connectivity index (χ3v) is 4.46. The zero-order valence-corrected chi connectivity index (χ0v) is 18.1. The van der Waals surface area contributed by atoms with Gasteiger partial charge in [0.15, 0.2) is 0 Å². The summed E-state index contributed by atoms with van der Waals surface area (Å²) in [6, 6.07) is 6.48. The SMILES string of the molecule is COC(=O)[C@H](Cc1ccc(C(C)(C)C)cc1)NC(=O)[C@H](CC(C)C)NC(C)=O. The lowest BCUT2D eigenvalue weighted by Crippen LogP contribution is -2.52. The van der Waals surface area contributed by atoms with Gasteiger partial charge in [-0.25, -0.2) is 4.79 Å². The third-order valence-electron chi connectivity index (χ3n) is 4.46. The molecule has 0 aromatic heterocycles. The van der Waals surface area contributed by atoms with E-state index in [1.54, 1.807) is 0 Å². The van der Waals surface area contributed by atoms with Crippen molar-refractivity contribution in [2.24, 2.45) is 5.92 Å². The lowest BCUT2D eigenvalue weighted by Gasteiger charge is -2.23. The van der Waals surface area contributed by atoms with E-state index in [1.807, 2.05) is 38.1 Å². The number of benzene rings is 1. The molecule has 0 aliphatic carbocycles. The number of nitrogens with one attached hydrogen (secondary N) is 2. The molecule has 0 saturated heterocycles. The molecule has 0 bridgehead atoms. The zero-order valence-electron chi connectivity index (χ0n) is 18.1. The fourth-order valence-electron chi connectivity index (χ4n) is 2.93. The van der Waals surface area contributed by atoms with Crippen LogP contribution in [0, 0.1) is 5.92 Å². The van der Waals surface area contributed by atoms with Crippen LogP contribution in [0.3, 0.4) is 0 Å². The van der Waals surface area contributed by atoms with Crippen LogP contribution >= 0.6 is 0 Å². The van der Waals surface area contributed by atoms with Crippen LogP contribution in [0.1, 0.15) is 59.1 Å². The van der Waals surface area contributed by atoms with E-state index in [2.05, 4.69) is 31.4 Å². The number of amides is 2. The van der Waals surface area contributed by atoms with Crippen LogP contribution in [0.2, 0.25) is 0 Å². The second-order valence-corrected chi connectivity index (χ2v) is 8.62. The summed E-state index contributed by atoms with van der Waals surface area (Å²) in [7, 11) is 1.30. The van der Waals surface area contributed by atoms with Gasteiger partial charge in [0.25, 0.3) is 0 Å². The molecule has 0 aliphatic rings. The molecular weight excluding hydrogens is 356 g/mol. The molecular formula is C22H34N2O4. The van der Waals surface area contributed by atoms with Crippen LogP contribution in [-0.4, -0.2) is 37.0 Å². The lowest BCUT2D eigenvalue weighted by molar-refractivity contribution is -0.145. The maximum atomic E-state index is 12.7. The standard InChI is InChI=1S/C22H34N2O4/c1-14(2)12-18(23-15(3)25)20(26)24-19(21(27)28-7)13-16-8-10-17(11-9-16)22(4,5)6/h8-11,14,18-19H,12-13H2,1-7H3,(H,23,25)(H,24,26)/t18-,19-/m0/s1. The molecule has 1 rings (SSSR count). The van der Waals surface area contributed by atoms with Crippen LogP contribution in [0.4, 0.5) is 0 Å². The molecule has 0 aliphatic heterocycles. The Kier molecular flexibility index (Phi) is 8.66. The molecule has 2 atom stereocenters. The average molecular weight is 391 g/mol. The van der Waals surface area contributed by atoms with E-state index >= 15 is 0 Å². The van der Waals surface area contributed by atoms with Crippen LogP contribution in [0.5, 0.6) is 0 Å². The van der Waals surface area contributed by atoms with E-state index in [4.69, 9.17) is 4.74 Å². The van der Waals surface area contributed by atoms with Crippen molar-refractivity contribution in [2.45, 2.75) is 71.9 Å². The molecule has 6 heteroatoms. The number of rotatable bonds is 8. The highest BCUT2D eigenvalue weighted by molar-refractivity contribution is 5.90. The first-order valence-electron chi connectivity index (χ1n) is 9.68. The first-order valence-corrected chi connectivity index (χ1v) is 9.68. The molecule has 156 valence electrons. The number of ether oxygens (including phenoxy) is 1. The van der Waals surface area contributed by atoms with Crippen LogP contribution in [-0.2, 0) is 31.0 Å². The summed E-state index contributed by atoms with van der Waals surface area (Å²) < 4.78 is 4.86. The van der Waals surface area contributed by atoms with Crippen LogP contribution in [0.25, 0.3) is 0 Å². The Labute approximate surface area is 168 Å². The molecule has 28 heavy (non-hydrogen) atoms. The molecule has 0 unspecified atom stereocenters. The third kappa shape index (κ3) is 7.71. The Hall–Kier alpha value is -2.37. The zero-order chi connectivity index (χ0) is 21.5. The molecule has 0 spiro atoms. The second kappa shape index (κ2) is 10.2. The van der Waals surface area contributed by atoms with Crippen LogP contribution < -0.4 is 10.6 Å². The van der Waals surface area contributed by atoms with Crippen molar-refractivity contribution in [3.8, 4) is 0 Å². The van der Waals surface area contributed by atoms with Gasteiger partial charge >= 0.3 is 5.97 Å². The van der Waals surface area contributed by atoms with Crippen molar-refractivity contribution in [3.05, 3.63) is 35.4 Å². The fourth-order valence-corrected chi connectivity index (χ4v) is 2.93. The molecule has 0 radical (unpaired) electrons. The first kappa shape index (κ1) is 23.7. The maximum absolute atomic E-state index is 12.7. The number of carbonyl (C=O) groups excluding carboxylic acids is 3. The molecule has 1 aromatic rings. The Morgan fingerprint density at radius 2 is 1.57 bits per heavy atom. The van der Waals surface area contributed by atoms with Crippen molar-refractivity contribution in [1.29, 1.82) is 0 Å². The molecule has 2 amide bonds. The summed E-state index contributed by atoms with van der Waals surface area (Å²) in [5, 5.41) is 5.40. The lowest BCUT2D eigenvalue weighted by atomic mass is 9.86. The molecule has 2 N–H and O–H groups in total. The Bertz CT molecular complexity index is 675. The van der Waals surface area contributed by atoms with Gasteiger partial charge in [0.1, 0.15) is 12.1 Å². The van der Waals surface area contributed by atoms with Crippen molar-refractivity contribution in [1.82, 2.24) is 10.6 Å². The summed E-state index contributed by atoms with van der Waals surface area (Å²) in [6.07, 6.45) is 0.802. The monoisotopic (exact) mass is 390 g/mol. The van der Waals surface area contributed by atoms with Gasteiger partial charge in [0.05, 0.1) is 7.11 Å². The van der Waals surface area contributed by atoms with Crippen molar-refractivity contribution in [3.63, 3.8) is 0 Å². The second-order valence-electron chi connectivity index (χ2n) is 8.62. The summed E-state index contributed by atoms with van der Waals surface area (Å²) in [6.45, 7) is 11.7. The smallest absolute Gasteiger partial charge is 0.328 e. The Morgan fingerprint density at radius 1 is 1.00 bits per heavy atom. The largest absolute Gasteiger partial charge is 0.467 e. The van der Waals surface area contributed by atoms with Crippen molar-refractivity contribution < 1.29 is 19.1 Å². The topological polar surface area (TPSA) is 84.5 Å². The highest BCUT2D eigenvalue weighted by Gasteiger charge is 2.27. The molecule has 0 heterocycles. The van der Waals surface area contributed by atoms with Crippen molar-refractivity contribution >= 4 is 17.8 Å². The predicted molar refractivity (Wildman–Crippen MR) is 110 cm³/mol. The predicted octanol–water partition coefficient (Wildman–Crippen LogP) is 2.74. The van der Waals surface area contributed by atoms with Gasteiger partial charge in [-0.3, -0.25) is 9.59 Å². The molecule has 1 aromatic carbocycles. The van der Waals surface area contributed by atoms with Crippen LogP contribution in [0.15, 0.2) is 24.3 Å². The highest BCUT2D eigenvalue weighted by atomic mass is 16.5. The van der Waals surface area contributed by atoms with E-state index in [0.29, 0.717) is 12.8 Å². The maximum Gasteiger partial charge on any atom is 0.328 e. The number of hydrogen-bond donors (Lipinski definition) is 2. The summed E-state index contributed by atoms with van der Waals surface area (Å²) in [4.78, 5) is 36.3. The molecule has 6 nitrogen and oxygen atoms in total. The average Bonchev–Trinajstić information content (AvgIpc) is 2.58. The Balaban J connectivity index is 2.94. The number of esters is 1. The van der Waals surface area contributed by atoms with Crippen molar-refractivity contribution in [2.75, 3.05) is 7.11 Å². The fraction of sp³-hybridized carbons (Fsp3) is 0.591. The molecule has 0 fully saturated rings. The van der Waals surface area contributed by atoms with E-state index in [-0.39, 0.29) is 23.1 Å². The van der Waals surface area contributed by atoms with Gasteiger partial charge in [-0.05, 0) is 28.9 Å². The van der Waals surface area contributed by atoms with E-state index in [1.165, 1.54) is 19.6 Å². The quantitative estimate of drug-likeness (QED) is 0.669. The van der Waals surface area contributed by atoms with Gasteiger partial charge in [0.2, 0.25) is 11.8 Å². The number of hydrogen-bond acceptors (Lipinski definition) is 4. The first-order chi connectivity index (χ1) is 12.9. The summed E-state index contributed by atoms with van der Waals surface area (Å²) >= 11 is 0. The highest BCUT2D eigenvalue weighted by Crippen LogP contribution is 2.22. The normalized spacial score (nSPS) is 13.6. The van der Waals surface area contributed by atoms with E-state index < -0.39 is 18.1 Å². The number of methoxy groups -OCH3 is 1. The van der Waals surface area contributed by atoms with E-state index in [9.17, 15) is 14.4 Å². The van der Waals surface area contributed by atoms with Gasteiger partial charge in [-0.2, -0.15) is 0 Å². The minimum Gasteiger partial charge on any atom is -0.467 e. The van der Waals surface area contributed by atoms with Gasteiger partial charge in [-0.15, -0.1) is 0 Å². The Morgan fingerprint density at radius 3 is 2.00 bits per heavy atom. The number of carbonyl (C=O) groups is 3.